The second kappa shape index (κ2) is 7.25. The van der Waals surface area contributed by atoms with Crippen molar-refractivity contribution >= 4 is 35.1 Å². The van der Waals surface area contributed by atoms with Crippen molar-refractivity contribution in [3.63, 3.8) is 0 Å². The zero-order chi connectivity index (χ0) is 14.4. The average Bonchev–Trinajstić information content (AvgIpc) is 2.41. The van der Waals surface area contributed by atoms with Crippen LogP contribution in [-0.4, -0.2) is 47.2 Å². The molecule has 0 radical (unpaired) electrons. The Labute approximate surface area is 120 Å². The van der Waals surface area contributed by atoms with Crippen LogP contribution in [0, 0.1) is 0 Å². The molecule has 1 amide bonds. The SMILES string of the molecule is CCN(CCC(=O)OC)C(=O)c1cc(Cl)nnc1Cl. The highest BCUT2D eigenvalue weighted by molar-refractivity contribution is 6.34. The minimum atomic E-state index is -0.386. The summed E-state index contributed by atoms with van der Waals surface area (Å²) in [5.74, 6) is -0.739. The maximum Gasteiger partial charge on any atom is 0.307 e. The van der Waals surface area contributed by atoms with E-state index in [1.54, 1.807) is 6.92 Å². The van der Waals surface area contributed by atoms with Crippen LogP contribution in [-0.2, 0) is 9.53 Å². The van der Waals surface area contributed by atoms with Crippen LogP contribution in [0.1, 0.15) is 23.7 Å². The lowest BCUT2D eigenvalue weighted by molar-refractivity contribution is -0.140. The number of aromatic nitrogens is 2. The van der Waals surface area contributed by atoms with Crippen molar-refractivity contribution in [2.24, 2.45) is 0 Å². The fourth-order valence-electron chi connectivity index (χ4n) is 1.40. The Kier molecular flexibility index (Phi) is 5.98. The third-order valence-electron chi connectivity index (χ3n) is 2.43. The van der Waals surface area contributed by atoms with Gasteiger partial charge in [-0.2, -0.15) is 0 Å². The molecule has 0 aliphatic heterocycles. The van der Waals surface area contributed by atoms with Crippen molar-refractivity contribution in [3.8, 4) is 0 Å². The molecule has 0 saturated heterocycles. The van der Waals surface area contributed by atoms with Crippen LogP contribution < -0.4 is 0 Å². The molecule has 0 aliphatic carbocycles. The van der Waals surface area contributed by atoms with E-state index in [-0.39, 0.29) is 40.7 Å². The van der Waals surface area contributed by atoms with Gasteiger partial charge >= 0.3 is 5.97 Å². The Morgan fingerprint density at radius 1 is 1.37 bits per heavy atom. The topological polar surface area (TPSA) is 72.4 Å². The highest BCUT2D eigenvalue weighted by Gasteiger charge is 2.19. The van der Waals surface area contributed by atoms with Gasteiger partial charge in [0.2, 0.25) is 0 Å². The quantitative estimate of drug-likeness (QED) is 0.776. The summed E-state index contributed by atoms with van der Waals surface area (Å²) >= 11 is 11.5. The zero-order valence-electron chi connectivity index (χ0n) is 10.5. The highest BCUT2D eigenvalue weighted by Crippen LogP contribution is 2.17. The molecule has 8 heteroatoms. The summed E-state index contributed by atoms with van der Waals surface area (Å²) in [6.07, 6.45) is 0.111. The van der Waals surface area contributed by atoms with Gasteiger partial charge in [-0.1, -0.05) is 23.2 Å². The van der Waals surface area contributed by atoms with Crippen LogP contribution in [0.2, 0.25) is 10.3 Å². The van der Waals surface area contributed by atoms with Gasteiger partial charge in [0.15, 0.2) is 10.3 Å². The summed E-state index contributed by atoms with van der Waals surface area (Å²) in [5, 5.41) is 7.16. The van der Waals surface area contributed by atoms with Gasteiger partial charge in [0, 0.05) is 13.1 Å². The Hall–Kier alpha value is -1.40. The first kappa shape index (κ1) is 15.7. The standard InChI is InChI=1S/C11H13Cl2N3O3/c1-3-16(5-4-9(17)19-2)11(18)7-6-8(12)14-15-10(7)13/h6H,3-5H2,1-2H3. The Balaban J connectivity index is 2.83. The van der Waals surface area contributed by atoms with Crippen LogP contribution in [0.3, 0.4) is 0 Å². The largest absolute Gasteiger partial charge is 0.469 e. The molecule has 1 aromatic rings. The Morgan fingerprint density at radius 2 is 2.05 bits per heavy atom. The first-order valence-electron chi connectivity index (χ1n) is 5.54. The molecule has 0 aliphatic rings. The summed E-state index contributed by atoms with van der Waals surface area (Å²) < 4.78 is 4.53. The van der Waals surface area contributed by atoms with Gasteiger partial charge in [-0.3, -0.25) is 9.59 Å². The maximum atomic E-state index is 12.2. The number of hydrogen-bond donors (Lipinski definition) is 0. The molecule has 0 saturated carbocycles. The average molecular weight is 306 g/mol. The molecule has 6 nitrogen and oxygen atoms in total. The third-order valence-corrected chi connectivity index (χ3v) is 2.90. The van der Waals surface area contributed by atoms with E-state index in [0.717, 1.165) is 0 Å². The van der Waals surface area contributed by atoms with Crippen molar-refractivity contribution in [1.82, 2.24) is 15.1 Å². The Bertz CT molecular complexity index is 482. The molecule has 0 aromatic carbocycles. The third kappa shape index (κ3) is 4.33. The van der Waals surface area contributed by atoms with Gasteiger partial charge in [-0.05, 0) is 13.0 Å². The van der Waals surface area contributed by atoms with Crippen LogP contribution >= 0.6 is 23.2 Å². The van der Waals surface area contributed by atoms with Crippen LogP contribution in [0.15, 0.2) is 6.07 Å². The summed E-state index contributed by atoms with van der Waals surface area (Å²) in [6.45, 7) is 2.45. The first-order chi connectivity index (χ1) is 8.99. The summed E-state index contributed by atoms with van der Waals surface area (Å²) in [6, 6.07) is 1.35. The number of methoxy groups -OCH3 is 1. The van der Waals surface area contributed by atoms with E-state index in [1.807, 2.05) is 0 Å². The minimum absolute atomic E-state index is 0.0223. The molecular formula is C11H13Cl2N3O3. The zero-order valence-corrected chi connectivity index (χ0v) is 12.0. The number of ether oxygens (including phenoxy) is 1. The molecule has 19 heavy (non-hydrogen) atoms. The number of halogens is 2. The van der Waals surface area contributed by atoms with Crippen molar-refractivity contribution in [2.45, 2.75) is 13.3 Å². The second-order valence-corrected chi connectivity index (χ2v) is 4.33. The molecule has 104 valence electrons. The Morgan fingerprint density at radius 3 is 2.63 bits per heavy atom. The predicted octanol–water partition coefficient (Wildman–Crippen LogP) is 1.81. The number of esters is 1. The lowest BCUT2D eigenvalue weighted by Crippen LogP contribution is -2.33. The molecule has 0 fully saturated rings. The molecule has 0 N–H and O–H groups in total. The summed E-state index contributed by atoms with van der Waals surface area (Å²) in [4.78, 5) is 24.7. The summed E-state index contributed by atoms with van der Waals surface area (Å²) in [5.41, 5.74) is 0.161. The lowest BCUT2D eigenvalue weighted by atomic mass is 10.2. The fourth-order valence-corrected chi connectivity index (χ4v) is 1.73. The molecule has 0 atom stereocenters. The van der Waals surface area contributed by atoms with E-state index in [2.05, 4.69) is 14.9 Å². The van der Waals surface area contributed by atoms with Gasteiger partial charge in [0.1, 0.15) is 0 Å². The number of nitrogens with zero attached hydrogens (tertiary/aromatic N) is 3. The van der Waals surface area contributed by atoms with Crippen molar-refractivity contribution in [1.29, 1.82) is 0 Å². The molecular weight excluding hydrogens is 293 g/mol. The van der Waals surface area contributed by atoms with Crippen molar-refractivity contribution in [3.05, 3.63) is 21.9 Å². The maximum absolute atomic E-state index is 12.2. The molecule has 1 rings (SSSR count). The molecule has 0 bridgehead atoms. The monoisotopic (exact) mass is 305 g/mol. The second-order valence-electron chi connectivity index (χ2n) is 3.58. The number of carbonyl (C=O) groups is 2. The van der Waals surface area contributed by atoms with Gasteiger partial charge in [0.05, 0.1) is 19.1 Å². The van der Waals surface area contributed by atoms with E-state index in [0.29, 0.717) is 6.54 Å². The first-order valence-corrected chi connectivity index (χ1v) is 6.30. The van der Waals surface area contributed by atoms with E-state index in [1.165, 1.54) is 18.1 Å². The molecule has 0 spiro atoms. The van der Waals surface area contributed by atoms with Gasteiger partial charge < -0.3 is 9.64 Å². The fraction of sp³-hybridized carbons (Fsp3) is 0.455. The molecule has 1 heterocycles. The van der Waals surface area contributed by atoms with E-state index in [4.69, 9.17) is 23.2 Å². The lowest BCUT2D eigenvalue weighted by Gasteiger charge is -2.20. The van der Waals surface area contributed by atoms with Crippen molar-refractivity contribution < 1.29 is 14.3 Å². The van der Waals surface area contributed by atoms with E-state index >= 15 is 0 Å². The van der Waals surface area contributed by atoms with Crippen LogP contribution in [0.4, 0.5) is 0 Å². The summed E-state index contributed by atoms with van der Waals surface area (Å²) in [7, 11) is 1.30. The van der Waals surface area contributed by atoms with Gasteiger partial charge in [0.25, 0.3) is 5.91 Å². The van der Waals surface area contributed by atoms with Crippen molar-refractivity contribution in [2.75, 3.05) is 20.2 Å². The highest BCUT2D eigenvalue weighted by atomic mass is 35.5. The van der Waals surface area contributed by atoms with Crippen LogP contribution in [0.5, 0.6) is 0 Å². The minimum Gasteiger partial charge on any atom is -0.469 e. The predicted molar refractivity (Wildman–Crippen MR) is 70.3 cm³/mol. The molecule has 0 unspecified atom stereocenters. The van der Waals surface area contributed by atoms with Gasteiger partial charge in [-0.15, -0.1) is 10.2 Å². The smallest absolute Gasteiger partial charge is 0.307 e. The molecule has 1 aromatic heterocycles. The van der Waals surface area contributed by atoms with E-state index < -0.39 is 0 Å². The number of amides is 1. The number of rotatable bonds is 5. The number of hydrogen-bond acceptors (Lipinski definition) is 5. The van der Waals surface area contributed by atoms with Gasteiger partial charge in [-0.25, -0.2) is 0 Å². The normalized spacial score (nSPS) is 10.1. The van der Waals surface area contributed by atoms with Crippen LogP contribution in [0.25, 0.3) is 0 Å². The van der Waals surface area contributed by atoms with E-state index in [9.17, 15) is 9.59 Å². The number of carbonyl (C=O) groups excluding carboxylic acids is 2.